The summed E-state index contributed by atoms with van der Waals surface area (Å²) in [7, 11) is 1.98. The molecule has 0 aliphatic carbocycles. The van der Waals surface area contributed by atoms with Crippen molar-refractivity contribution in [2.24, 2.45) is 0 Å². The first-order valence-electron chi connectivity index (χ1n) is 10.3. The molecule has 1 atom stereocenters. The van der Waals surface area contributed by atoms with E-state index in [0.29, 0.717) is 25.3 Å². The highest BCUT2D eigenvalue weighted by Gasteiger charge is 2.33. The smallest absolute Gasteiger partial charge is 0.312 e. The van der Waals surface area contributed by atoms with Crippen molar-refractivity contribution in [3.8, 4) is 5.69 Å². The average Bonchev–Trinajstić information content (AvgIpc) is 3.26. The van der Waals surface area contributed by atoms with Crippen LogP contribution in [0.1, 0.15) is 17.3 Å². The maximum atomic E-state index is 14.0. The lowest BCUT2D eigenvalue weighted by Crippen LogP contribution is -2.53. The number of nitrogens with one attached hydrogen (secondary N) is 1. The van der Waals surface area contributed by atoms with Crippen molar-refractivity contribution >= 4 is 11.8 Å². The van der Waals surface area contributed by atoms with E-state index in [-0.39, 0.29) is 18.3 Å². The molecule has 4 rings (SSSR count). The summed E-state index contributed by atoms with van der Waals surface area (Å²) in [6, 6.07) is 14.4. The summed E-state index contributed by atoms with van der Waals surface area (Å²) in [5.74, 6) is -2.87. The highest BCUT2D eigenvalue weighted by Crippen LogP contribution is 2.25. The average molecular weight is 439 g/mol. The van der Waals surface area contributed by atoms with Gasteiger partial charge in [0.15, 0.2) is 11.6 Å². The molecule has 3 aromatic rings. The van der Waals surface area contributed by atoms with Gasteiger partial charge >= 0.3 is 11.8 Å². The Hall–Kier alpha value is -3.59. The third-order valence-corrected chi connectivity index (χ3v) is 5.46. The zero-order valence-electron chi connectivity index (χ0n) is 17.5. The Morgan fingerprint density at radius 1 is 1.03 bits per heavy atom. The molecule has 2 heterocycles. The second-order valence-electron chi connectivity index (χ2n) is 7.69. The monoisotopic (exact) mass is 439 g/mol. The SMILES string of the molecule is CN1CCN(C(=O)C(=O)NCc2ccn(-c3c(F)cccc3F)n2)C(c2ccccc2)C1. The van der Waals surface area contributed by atoms with E-state index in [9.17, 15) is 18.4 Å². The van der Waals surface area contributed by atoms with Crippen LogP contribution in [-0.2, 0) is 16.1 Å². The van der Waals surface area contributed by atoms with E-state index in [1.807, 2.05) is 37.4 Å². The van der Waals surface area contributed by atoms with E-state index >= 15 is 0 Å². The fourth-order valence-electron chi connectivity index (χ4n) is 3.79. The number of carbonyl (C=O) groups excluding carboxylic acids is 2. The van der Waals surface area contributed by atoms with Crippen LogP contribution in [0.15, 0.2) is 60.8 Å². The molecule has 1 fully saturated rings. The normalized spacial score (nSPS) is 16.7. The van der Waals surface area contributed by atoms with Crippen LogP contribution in [0.3, 0.4) is 0 Å². The Labute approximate surface area is 184 Å². The molecular weight excluding hydrogens is 416 g/mol. The van der Waals surface area contributed by atoms with Crippen LogP contribution in [0, 0.1) is 11.6 Å². The van der Waals surface area contributed by atoms with Gasteiger partial charge in [-0.1, -0.05) is 36.4 Å². The van der Waals surface area contributed by atoms with E-state index < -0.39 is 23.4 Å². The molecule has 1 unspecified atom stereocenters. The Morgan fingerprint density at radius 2 is 1.75 bits per heavy atom. The molecule has 0 radical (unpaired) electrons. The number of benzene rings is 2. The number of hydrogen-bond donors (Lipinski definition) is 1. The van der Waals surface area contributed by atoms with E-state index in [4.69, 9.17) is 0 Å². The minimum atomic E-state index is -0.749. The Balaban J connectivity index is 1.43. The second kappa shape index (κ2) is 9.27. The van der Waals surface area contributed by atoms with Crippen molar-refractivity contribution in [2.45, 2.75) is 12.6 Å². The van der Waals surface area contributed by atoms with Gasteiger partial charge in [-0.3, -0.25) is 9.59 Å². The van der Waals surface area contributed by atoms with Crippen LogP contribution in [0.5, 0.6) is 0 Å². The summed E-state index contributed by atoms with van der Waals surface area (Å²) >= 11 is 0. The van der Waals surface area contributed by atoms with Gasteiger partial charge in [0.1, 0.15) is 5.69 Å². The van der Waals surface area contributed by atoms with Gasteiger partial charge in [-0.2, -0.15) is 5.10 Å². The third kappa shape index (κ3) is 4.52. The van der Waals surface area contributed by atoms with Gasteiger partial charge in [0, 0.05) is 25.8 Å². The van der Waals surface area contributed by atoms with Crippen LogP contribution in [0.25, 0.3) is 5.69 Å². The molecule has 0 saturated carbocycles. The maximum Gasteiger partial charge on any atom is 0.312 e. The first-order chi connectivity index (χ1) is 15.4. The standard InChI is InChI=1S/C23H23F2N5O2/c1-28-12-13-29(20(15-28)16-6-3-2-4-7-16)23(32)22(31)26-14-17-10-11-30(27-17)21-18(24)8-5-9-19(21)25/h2-11,20H,12-15H2,1H3,(H,26,31). The molecule has 166 valence electrons. The molecule has 1 aliphatic heterocycles. The summed E-state index contributed by atoms with van der Waals surface area (Å²) in [4.78, 5) is 29.2. The lowest BCUT2D eigenvalue weighted by Gasteiger charge is -2.39. The number of aromatic nitrogens is 2. The summed E-state index contributed by atoms with van der Waals surface area (Å²) in [5, 5.41) is 6.68. The number of para-hydroxylation sites is 1. The molecular formula is C23H23F2N5O2. The molecule has 9 heteroatoms. The Morgan fingerprint density at radius 3 is 2.47 bits per heavy atom. The first kappa shape index (κ1) is 21.6. The number of piperazine rings is 1. The van der Waals surface area contributed by atoms with Crippen LogP contribution in [0.4, 0.5) is 8.78 Å². The summed E-state index contributed by atoms with van der Waals surface area (Å²) in [6.07, 6.45) is 1.40. The number of likely N-dealkylation sites (N-methyl/N-ethyl adjacent to an activating group) is 1. The predicted molar refractivity (Wildman–Crippen MR) is 114 cm³/mol. The van der Waals surface area contributed by atoms with Crippen LogP contribution < -0.4 is 5.32 Å². The summed E-state index contributed by atoms with van der Waals surface area (Å²) < 4.78 is 29.0. The fraction of sp³-hybridized carbons (Fsp3) is 0.261. The lowest BCUT2D eigenvalue weighted by atomic mass is 10.0. The number of rotatable bonds is 4. The first-order valence-corrected chi connectivity index (χ1v) is 10.3. The molecule has 1 aromatic heterocycles. The van der Waals surface area contributed by atoms with Crippen molar-refractivity contribution in [2.75, 3.05) is 26.7 Å². The van der Waals surface area contributed by atoms with Gasteiger partial charge in [0.2, 0.25) is 0 Å². The van der Waals surface area contributed by atoms with Crippen molar-refractivity contribution in [3.63, 3.8) is 0 Å². The van der Waals surface area contributed by atoms with Gasteiger partial charge < -0.3 is 15.1 Å². The van der Waals surface area contributed by atoms with Gasteiger partial charge in [-0.25, -0.2) is 13.5 Å². The van der Waals surface area contributed by atoms with Crippen molar-refractivity contribution in [1.82, 2.24) is 24.9 Å². The van der Waals surface area contributed by atoms with Crippen molar-refractivity contribution < 1.29 is 18.4 Å². The van der Waals surface area contributed by atoms with E-state index in [0.717, 1.165) is 22.4 Å². The van der Waals surface area contributed by atoms with Crippen molar-refractivity contribution in [3.05, 3.63) is 83.7 Å². The maximum absolute atomic E-state index is 14.0. The third-order valence-electron chi connectivity index (χ3n) is 5.46. The number of hydrogen-bond acceptors (Lipinski definition) is 4. The molecule has 1 N–H and O–H groups in total. The molecule has 2 aromatic carbocycles. The number of amides is 2. The lowest BCUT2D eigenvalue weighted by molar-refractivity contribution is -0.149. The molecule has 1 saturated heterocycles. The Kier molecular flexibility index (Phi) is 6.27. The fourth-order valence-corrected chi connectivity index (χ4v) is 3.79. The van der Waals surface area contributed by atoms with Gasteiger partial charge in [0.25, 0.3) is 0 Å². The van der Waals surface area contributed by atoms with Crippen LogP contribution in [-0.4, -0.2) is 58.1 Å². The molecule has 0 bridgehead atoms. The zero-order valence-corrected chi connectivity index (χ0v) is 17.5. The largest absolute Gasteiger partial charge is 0.342 e. The molecule has 2 amide bonds. The van der Waals surface area contributed by atoms with E-state index in [2.05, 4.69) is 15.3 Å². The topological polar surface area (TPSA) is 70.5 Å². The second-order valence-corrected chi connectivity index (χ2v) is 7.69. The highest BCUT2D eigenvalue weighted by molar-refractivity contribution is 6.35. The number of halogens is 2. The quantitative estimate of drug-likeness (QED) is 0.634. The molecule has 1 aliphatic rings. The van der Waals surface area contributed by atoms with Gasteiger partial charge in [-0.05, 0) is 30.8 Å². The highest BCUT2D eigenvalue weighted by atomic mass is 19.1. The minimum absolute atomic E-state index is 0.0443. The number of nitrogens with zero attached hydrogens (tertiary/aromatic N) is 4. The molecule has 7 nitrogen and oxygen atoms in total. The predicted octanol–water partition coefficient (Wildman–Crippen LogP) is 2.28. The molecule has 0 spiro atoms. The van der Waals surface area contributed by atoms with Crippen LogP contribution >= 0.6 is 0 Å². The van der Waals surface area contributed by atoms with E-state index in [1.165, 1.54) is 18.3 Å². The Bertz CT molecular complexity index is 1100. The summed E-state index contributed by atoms with van der Waals surface area (Å²) in [5.41, 5.74) is 1.03. The van der Waals surface area contributed by atoms with Crippen LogP contribution in [0.2, 0.25) is 0 Å². The van der Waals surface area contributed by atoms with Gasteiger partial charge in [-0.15, -0.1) is 0 Å². The van der Waals surface area contributed by atoms with E-state index in [1.54, 1.807) is 4.90 Å². The minimum Gasteiger partial charge on any atom is -0.342 e. The molecule has 32 heavy (non-hydrogen) atoms. The number of carbonyl (C=O) groups is 2. The zero-order chi connectivity index (χ0) is 22.7. The summed E-state index contributed by atoms with van der Waals surface area (Å²) in [6.45, 7) is 1.68. The van der Waals surface area contributed by atoms with Gasteiger partial charge in [0.05, 0.1) is 18.3 Å². The van der Waals surface area contributed by atoms with Crippen molar-refractivity contribution in [1.29, 1.82) is 0 Å².